The molecule has 0 fully saturated rings. The fourth-order valence-electron chi connectivity index (χ4n) is 1.38. The van der Waals surface area contributed by atoms with Crippen LogP contribution in [0.15, 0.2) is 18.2 Å². The Morgan fingerprint density at radius 1 is 1.44 bits per heavy atom. The van der Waals surface area contributed by atoms with Crippen LogP contribution in [0.2, 0.25) is 0 Å². The minimum atomic E-state index is -1.20. The molecule has 0 saturated heterocycles. The predicted octanol–water partition coefficient (Wildman–Crippen LogP) is -1.75. The van der Waals surface area contributed by atoms with Gasteiger partial charge in [0.15, 0.2) is 0 Å². The summed E-state index contributed by atoms with van der Waals surface area (Å²) in [5.74, 6) is -0.261. The third-order valence-corrected chi connectivity index (χ3v) is 2.14. The SMILES string of the molecule is Cc1ccc(C(C)C)c(OCC(=O)[O-])c1.[Li+]. The summed E-state index contributed by atoms with van der Waals surface area (Å²) in [6.07, 6.45) is 0. The first-order valence-electron chi connectivity index (χ1n) is 4.94. The second kappa shape index (κ2) is 6.62. The molecule has 4 heteroatoms. The molecule has 0 aromatic heterocycles. The Bertz CT molecular complexity index is 361. The topological polar surface area (TPSA) is 49.4 Å². The Hall–Kier alpha value is -0.913. The molecule has 1 aromatic carbocycles. The number of aryl methyl sites for hydroxylation is 1. The van der Waals surface area contributed by atoms with Gasteiger partial charge in [-0.25, -0.2) is 0 Å². The molecule has 0 aliphatic carbocycles. The zero-order valence-electron chi connectivity index (χ0n) is 10.2. The molecule has 16 heavy (non-hydrogen) atoms. The van der Waals surface area contributed by atoms with E-state index < -0.39 is 12.6 Å². The van der Waals surface area contributed by atoms with Crippen LogP contribution in [-0.2, 0) is 4.79 Å². The second-order valence-electron chi connectivity index (χ2n) is 3.86. The van der Waals surface area contributed by atoms with Gasteiger partial charge in [0.05, 0.1) is 5.97 Å². The number of ether oxygens (including phenoxy) is 1. The van der Waals surface area contributed by atoms with E-state index in [9.17, 15) is 9.90 Å². The van der Waals surface area contributed by atoms with Gasteiger partial charge in [0.25, 0.3) is 0 Å². The van der Waals surface area contributed by atoms with Crippen molar-refractivity contribution in [2.45, 2.75) is 26.7 Å². The molecule has 0 saturated carbocycles. The molecule has 0 aliphatic rings. The van der Waals surface area contributed by atoms with Crippen LogP contribution in [0.1, 0.15) is 30.9 Å². The van der Waals surface area contributed by atoms with Gasteiger partial charge in [0, 0.05) is 0 Å². The molecule has 1 rings (SSSR count). The number of hydrogen-bond acceptors (Lipinski definition) is 3. The van der Waals surface area contributed by atoms with Crippen molar-refractivity contribution in [1.29, 1.82) is 0 Å². The molecule has 82 valence electrons. The molecule has 0 unspecified atom stereocenters. The van der Waals surface area contributed by atoms with Crippen molar-refractivity contribution in [3.05, 3.63) is 29.3 Å². The fraction of sp³-hybridized carbons (Fsp3) is 0.417. The monoisotopic (exact) mass is 214 g/mol. The summed E-state index contributed by atoms with van der Waals surface area (Å²) in [4.78, 5) is 10.3. The van der Waals surface area contributed by atoms with Crippen molar-refractivity contribution in [2.75, 3.05) is 6.61 Å². The van der Waals surface area contributed by atoms with Crippen LogP contribution in [0.5, 0.6) is 5.75 Å². The molecule has 0 spiro atoms. The van der Waals surface area contributed by atoms with Gasteiger partial charge in [-0.3, -0.25) is 0 Å². The van der Waals surface area contributed by atoms with Crippen LogP contribution in [-0.4, -0.2) is 12.6 Å². The van der Waals surface area contributed by atoms with Crippen molar-refractivity contribution in [2.24, 2.45) is 0 Å². The standard InChI is InChI=1S/C12H16O3.Li/c1-8(2)10-5-4-9(3)6-11(10)15-7-12(13)14;/h4-6,8H,7H2,1-3H3,(H,13,14);/q;+1/p-1. The quantitative estimate of drug-likeness (QED) is 0.558. The summed E-state index contributed by atoms with van der Waals surface area (Å²) in [6.45, 7) is 5.62. The second-order valence-corrected chi connectivity index (χ2v) is 3.86. The Kier molecular flexibility index (Phi) is 6.25. The minimum absolute atomic E-state index is 0. The molecule has 0 heterocycles. The number of aliphatic carboxylic acids is 1. The first-order valence-corrected chi connectivity index (χ1v) is 4.94. The summed E-state index contributed by atoms with van der Waals surface area (Å²) in [5, 5.41) is 10.3. The maximum Gasteiger partial charge on any atom is 1.00 e. The Morgan fingerprint density at radius 2 is 2.06 bits per heavy atom. The zero-order chi connectivity index (χ0) is 11.4. The van der Waals surface area contributed by atoms with E-state index in [1.165, 1.54) is 0 Å². The molecule has 0 radical (unpaired) electrons. The van der Waals surface area contributed by atoms with Crippen LogP contribution in [0.3, 0.4) is 0 Å². The molecule has 3 nitrogen and oxygen atoms in total. The maximum atomic E-state index is 10.3. The van der Waals surface area contributed by atoms with E-state index in [4.69, 9.17) is 4.74 Å². The number of hydrogen-bond donors (Lipinski definition) is 0. The van der Waals surface area contributed by atoms with Crippen LogP contribution in [0.4, 0.5) is 0 Å². The summed E-state index contributed by atoms with van der Waals surface area (Å²) >= 11 is 0. The van der Waals surface area contributed by atoms with E-state index in [1.807, 2.05) is 39.0 Å². The van der Waals surface area contributed by atoms with Crippen molar-refractivity contribution in [3.8, 4) is 5.75 Å². The van der Waals surface area contributed by atoms with Gasteiger partial charge in [-0.15, -0.1) is 0 Å². The van der Waals surface area contributed by atoms with Gasteiger partial charge in [0.2, 0.25) is 0 Å². The van der Waals surface area contributed by atoms with E-state index in [2.05, 4.69) is 0 Å². The number of benzene rings is 1. The van der Waals surface area contributed by atoms with E-state index in [1.54, 1.807) is 0 Å². The predicted molar refractivity (Wildman–Crippen MR) is 55.8 cm³/mol. The molecule has 0 N–H and O–H groups in total. The Morgan fingerprint density at radius 3 is 2.56 bits per heavy atom. The van der Waals surface area contributed by atoms with Gasteiger partial charge in [-0.1, -0.05) is 26.0 Å². The van der Waals surface area contributed by atoms with Gasteiger partial charge in [0.1, 0.15) is 12.4 Å². The summed E-state index contributed by atoms with van der Waals surface area (Å²) in [5.41, 5.74) is 2.06. The molecule has 0 bridgehead atoms. The van der Waals surface area contributed by atoms with E-state index in [-0.39, 0.29) is 18.9 Å². The normalized spacial score (nSPS) is 9.75. The van der Waals surface area contributed by atoms with E-state index in [0.29, 0.717) is 11.7 Å². The zero-order valence-corrected chi connectivity index (χ0v) is 10.2. The van der Waals surface area contributed by atoms with Crippen LogP contribution in [0.25, 0.3) is 0 Å². The van der Waals surface area contributed by atoms with Gasteiger partial charge >= 0.3 is 18.9 Å². The Labute approximate surface area is 108 Å². The maximum absolute atomic E-state index is 10.3. The third kappa shape index (κ3) is 4.30. The Balaban J connectivity index is 0.00000225. The average Bonchev–Trinajstić information content (AvgIpc) is 2.14. The molecular formula is C12H15LiO3. The number of carbonyl (C=O) groups excluding carboxylic acids is 1. The first-order chi connectivity index (χ1) is 7.00. The van der Waals surface area contributed by atoms with Gasteiger partial charge in [-0.05, 0) is 30.0 Å². The van der Waals surface area contributed by atoms with Crippen molar-refractivity contribution in [3.63, 3.8) is 0 Å². The number of carboxylic acids is 1. The summed E-state index contributed by atoms with van der Waals surface area (Å²) in [6, 6.07) is 5.80. The van der Waals surface area contributed by atoms with Crippen molar-refractivity contribution < 1.29 is 33.5 Å². The van der Waals surface area contributed by atoms with Crippen molar-refractivity contribution >= 4 is 5.97 Å². The molecule has 0 atom stereocenters. The molecular weight excluding hydrogens is 199 g/mol. The van der Waals surface area contributed by atoms with Crippen LogP contribution < -0.4 is 28.7 Å². The minimum Gasteiger partial charge on any atom is -0.546 e. The van der Waals surface area contributed by atoms with E-state index in [0.717, 1.165) is 11.1 Å². The van der Waals surface area contributed by atoms with Gasteiger partial charge in [-0.2, -0.15) is 0 Å². The molecule has 1 aromatic rings. The van der Waals surface area contributed by atoms with Crippen LogP contribution in [0, 0.1) is 6.92 Å². The number of carboxylic acid groups (broad SMARTS) is 1. The number of rotatable bonds is 4. The fourth-order valence-corrected chi connectivity index (χ4v) is 1.38. The molecule has 0 aliphatic heterocycles. The largest absolute Gasteiger partial charge is 1.00 e. The molecule has 0 amide bonds. The van der Waals surface area contributed by atoms with Gasteiger partial charge < -0.3 is 14.6 Å². The average molecular weight is 214 g/mol. The summed E-state index contributed by atoms with van der Waals surface area (Å²) in [7, 11) is 0. The van der Waals surface area contributed by atoms with Crippen LogP contribution >= 0.6 is 0 Å². The van der Waals surface area contributed by atoms with Crippen molar-refractivity contribution in [1.82, 2.24) is 0 Å². The summed E-state index contributed by atoms with van der Waals surface area (Å²) < 4.78 is 5.18. The smallest absolute Gasteiger partial charge is 0.546 e. The first kappa shape index (κ1) is 15.1. The third-order valence-electron chi connectivity index (χ3n) is 2.14. The number of carbonyl (C=O) groups is 1. The van der Waals surface area contributed by atoms with E-state index >= 15 is 0 Å².